The van der Waals surface area contributed by atoms with Crippen LogP contribution < -0.4 is 9.46 Å². The van der Waals surface area contributed by atoms with Gasteiger partial charge in [-0.1, -0.05) is 13.8 Å². The number of likely N-dealkylation sites (N-methyl/N-ethyl adjacent to an activating group) is 1. The average Bonchev–Trinajstić information content (AvgIpc) is 2.45. The van der Waals surface area contributed by atoms with Crippen molar-refractivity contribution in [3.63, 3.8) is 0 Å². The summed E-state index contributed by atoms with van der Waals surface area (Å²) in [7, 11) is 0.965. The molecule has 0 saturated heterocycles. The Bertz CT molecular complexity index is 594. The minimum absolute atomic E-state index is 0.105. The van der Waals surface area contributed by atoms with Crippen molar-refractivity contribution in [2.24, 2.45) is 5.92 Å². The van der Waals surface area contributed by atoms with Gasteiger partial charge in [0, 0.05) is 14.1 Å². The van der Waals surface area contributed by atoms with Gasteiger partial charge >= 0.3 is 0 Å². The van der Waals surface area contributed by atoms with E-state index in [4.69, 9.17) is 4.74 Å². The van der Waals surface area contributed by atoms with Crippen LogP contribution >= 0.6 is 0 Å². The first-order valence-corrected chi connectivity index (χ1v) is 8.53. The Balaban J connectivity index is 3.00. The van der Waals surface area contributed by atoms with Crippen LogP contribution in [0.2, 0.25) is 0 Å². The first kappa shape index (κ1) is 18.4. The number of nitrogens with zero attached hydrogens (tertiary/aromatic N) is 1. The fourth-order valence-corrected chi connectivity index (χ4v) is 3.19. The third-order valence-electron chi connectivity index (χ3n) is 3.11. The fourth-order valence-electron chi connectivity index (χ4n) is 1.99. The van der Waals surface area contributed by atoms with Crippen molar-refractivity contribution in [1.29, 1.82) is 0 Å². The molecule has 1 aromatic carbocycles. The second kappa shape index (κ2) is 7.60. The van der Waals surface area contributed by atoms with Crippen LogP contribution in [0.4, 0.5) is 0 Å². The number of ether oxygens (including phenoxy) is 1. The van der Waals surface area contributed by atoms with Crippen molar-refractivity contribution in [1.82, 2.24) is 9.62 Å². The van der Waals surface area contributed by atoms with Crippen LogP contribution in [0.25, 0.3) is 0 Å². The molecular weight excluding hydrogens is 304 g/mol. The van der Waals surface area contributed by atoms with E-state index in [9.17, 15) is 13.2 Å². The molecule has 22 heavy (non-hydrogen) atoms. The van der Waals surface area contributed by atoms with Crippen molar-refractivity contribution in [3.05, 3.63) is 24.3 Å². The summed E-state index contributed by atoms with van der Waals surface area (Å²) in [4.78, 5) is 13.7. The molecule has 0 aliphatic rings. The zero-order valence-corrected chi connectivity index (χ0v) is 14.5. The quantitative estimate of drug-likeness (QED) is 0.822. The fraction of sp³-hybridized carbons (Fsp3) is 0.533. The number of carbonyl (C=O) groups excluding carboxylic acids is 1. The molecule has 7 heteroatoms. The summed E-state index contributed by atoms with van der Waals surface area (Å²) >= 11 is 0. The molecule has 124 valence electrons. The van der Waals surface area contributed by atoms with Gasteiger partial charge in [-0.15, -0.1) is 0 Å². The first-order chi connectivity index (χ1) is 10.2. The smallest absolute Gasteiger partial charge is 0.241 e. The summed E-state index contributed by atoms with van der Waals surface area (Å²) in [6, 6.07) is 5.27. The molecule has 0 aromatic heterocycles. The zero-order chi connectivity index (χ0) is 16.9. The Morgan fingerprint density at radius 2 is 1.77 bits per heavy atom. The number of nitrogens with one attached hydrogen (secondary N) is 1. The van der Waals surface area contributed by atoms with Crippen LogP contribution in [0.1, 0.15) is 20.3 Å². The number of methoxy groups -OCH3 is 1. The summed E-state index contributed by atoms with van der Waals surface area (Å²) in [5, 5.41) is 0. The molecule has 0 fully saturated rings. The molecule has 0 aliphatic carbocycles. The van der Waals surface area contributed by atoms with E-state index in [1.807, 2.05) is 13.8 Å². The highest BCUT2D eigenvalue weighted by Crippen LogP contribution is 2.17. The number of sulfonamides is 1. The molecule has 1 rings (SSSR count). The van der Waals surface area contributed by atoms with Crippen molar-refractivity contribution in [2.45, 2.75) is 31.2 Å². The van der Waals surface area contributed by atoms with Crippen LogP contribution in [-0.2, 0) is 14.8 Å². The summed E-state index contributed by atoms with van der Waals surface area (Å²) in [6.07, 6.45) is 0.437. The monoisotopic (exact) mass is 328 g/mol. The molecule has 1 N–H and O–H groups in total. The lowest BCUT2D eigenvalue weighted by Crippen LogP contribution is -2.46. The Morgan fingerprint density at radius 1 is 1.23 bits per heavy atom. The van der Waals surface area contributed by atoms with Gasteiger partial charge in [-0.05, 0) is 36.6 Å². The number of rotatable bonds is 7. The second-order valence-corrected chi connectivity index (χ2v) is 7.43. The Morgan fingerprint density at radius 3 is 2.18 bits per heavy atom. The average molecular weight is 328 g/mol. The number of amides is 1. The van der Waals surface area contributed by atoms with E-state index in [-0.39, 0.29) is 16.7 Å². The lowest BCUT2D eigenvalue weighted by molar-refractivity contribution is -0.130. The van der Waals surface area contributed by atoms with Gasteiger partial charge in [0.15, 0.2) is 0 Å². The van der Waals surface area contributed by atoms with Gasteiger partial charge in [0.2, 0.25) is 15.9 Å². The highest BCUT2D eigenvalue weighted by atomic mass is 32.2. The SMILES string of the molecule is COc1ccc(S(=O)(=O)NC(CC(C)C)C(=O)N(C)C)cc1. The van der Waals surface area contributed by atoms with E-state index < -0.39 is 16.1 Å². The summed E-state index contributed by atoms with van der Waals surface area (Å²) in [6.45, 7) is 3.88. The standard InChI is InChI=1S/C15H24N2O4S/c1-11(2)10-14(15(18)17(3)4)16-22(19,20)13-8-6-12(21-5)7-9-13/h6-9,11,14,16H,10H2,1-5H3. The van der Waals surface area contributed by atoms with Gasteiger partial charge in [-0.3, -0.25) is 4.79 Å². The van der Waals surface area contributed by atoms with Crippen molar-refractivity contribution >= 4 is 15.9 Å². The van der Waals surface area contributed by atoms with Gasteiger partial charge in [-0.25, -0.2) is 8.42 Å². The highest BCUT2D eigenvalue weighted by molar-refractivity contribution is 7.89. The third-order valence-corrected chi connectivity index (χ3v) is 4.60. The lowest BCUT2D eigenvalue weighted by Gasteiger charge is -2.23. The van der Waals surface area contributed by atoms with E-state index in [0.29, 0.717) is 12.2 Å². The number of hydrogen-bond donors (Lipinski definition) is 1. The van der Waals surface area contributed by atoms with Gasteiger partial charge in [0.05, 0.1) is 12.0 Å². The highest BCUT2D eigenvalue weighted by Gasteiger charge is 2.27. The van der Waals surface area contributed by atoms with Crippen LogP contribution in [0.15, 0.2) is 29.2 Å². The zero-order valence-electron chi connectivity index (χ0n) is 13.7. The first-order valence-electron chi connectivity index (χ1n) is 7.05. The second-order valence-electron chi connectivity index (χ2n) is 5.71. The van der Waals surface area contributed by atoms with Gasteiger partial charge in [0.25, 0.3) is 0 Å². The number of hydrogen-bond acceptors (Lipinski definition) is 4. The van der Waals surface area contributed by atoms with Crippen LogP contribution in [0.5, 0.6) is 5.75 Å². The Kier molecular flexibility index (Phi) is 6.37. The van der Waals surface area contributed by atoms with Gasteiger partial charge < -0.3 is 9.64 Å². The summed E-state index contributed by atoms with van der Waals surface area (Å²) < 4.78 is 32.4. The van der Waals surface area contributed by atoms with E-state index >= 15 is 0 Å². The molecule has 6 nitrogen and oxygen atoms in total. The maximum absolute atomic E-state index is 12.4. The van der Waals surface area contributed by atoms with E-state index in [2.05, 4.69) is 4.72 Å². The molecule has 1 amide bonds. The molecule has 1 unspecified atom stereocenters. The Labute approximate surface area is 132 Å². The molecule has 0 radical (unpaired) electrons. The maximum atomic E-state index is 12.4. The van der Waals surface area contributed by atoms with Gasteiger partial charge in [0.1, 0.15) is 11.8 Å². The van der Waals surface area contributed by atoms with Crippen LogP contribution in [-0.4, -0.2) is 46.5 Å². The molecule has 0 aliphatic heterocycles. The number of benzene rings is 1. The van der Waals surface area contributed by atoms with Crippen molar-refractivity contribution in [2.75, 3.05) is 21.2 Å². The third kappa shape index (κ3) is 4.99. The predicted molar refractivity (Wildman–Crippen MR) is 85.3 cm³/mol. The van der Waals surface area contributed by atoms with Crippen LogP contribution in [0, 0.1) is 5.92 Å². The normalized spacial score (nSPS) is 13.0. The molecular formula is C15H24N2O4S. The minimum atomic E-state index is -3.76. The molecule has 0 heterocycles. The van der Waals surface area contributed by atoms with Crippen molar-refractivity contribution in [3.8, 4) is 5.75 Å². The van der Waals surface area contributed by atoms with E-state index in [0.717, 1.165) is 0 Å². The largest absolute Gasteiger partial charge is 0.497 e. The topological polar surface area (TPSA) is 75.7 Å². The molecule has 0 spiro atoms. The summed E-state index contributed by atoms with van der Waals surface area (Å²) in [5.74, 6) is 0.500. The summed E-state index contributed by atoms with van der Waals surface area (Å²) in [5.41, 5.74) is 0. The predicted octanol–water partition coefficient (Wildman–Crippen LogP) is 1.48. The molecule has 0 bridgehead atoms. The molecule has 0 saturated carbocycles. The molecule has 1 aromatic rings. The van der Waals surface area contributed by atoms with Gasteiger partial charge in [-0.2, -0.15) is 4.72 Å². The van der Waals surface area contributed by atoms with Crippen LogP contribution in [0.3, 0.4) is 0 Å². The van der Waals surface area contributed by atoms with Crippen molar-refractivity contribution < 1.29 is 17.9 Å². The lowest BCUT2D eigenvalue weighted by atomic mass is 10.0. The van der Waals surface area contributed by atoms with E-state index in [1.54, 1.807) is 26.2 Å². The minimum Gasteiger partial charge on any atom is -0.497 e. The Hall–Kier alpha value is -1.60. The van der Waals surface area contributed by atoms with E-state index in [1.165, 1.54) is 24.1 Å². The maximum Gasteiger partial charge on any atom is 0.241 e. The molecule has 1 atom stereocenters. The number of carbonyl (C=O) groups is 1.